The molecule has 0 radical (unpaired) electrons. The second kappa shape index (κ2) is 11.2. The molecule has 246 valence electrons. The third kappa shape index (κ3) is 5.42. The fraction of sp³-hybridized carbons (Fsp3) is 0.971. The zero-order chi connectivity index (χ0) is 31.1. The number of rotatable bonds is 5. The largest absolute Gasteiger partial charge is 0.457 e. The minimum absolute atomic E-state index is 0.0517. The van der Waals surface area contributed by atoms with Gasteiger partial charge in [0.1, 0.15) is 0 Å². The summed E-state index contributed by atoms with van der Waals surface area (Å²) >= 11 is 0. The normalized spacial score (nSPS) is 48.8. The minimum Gasteiger partial charge on any atom is -0.457 e. The van der Waals surface area contributed by atoms with Gasteiger partial charge in [-0.2, -0.15) is 5.06 Å². The van der Waals surface area contributed by atoms with Crippen LogP contribution in [0, 0.1) is 51.8 Å². The molecule has 2 aliphatic heterocycles. The number of ether oxygens (including phenoxy) is 4. The van der Waals surface area contributed by atoms with E-state index in [0.29, 0.717) is 60.6 Å². The lowest BCUT2D eigenvalue weighted by Gasteiger charge is -2.65. The standard InChI is InChI=1S/C35H59NO7/c1-20-17-27(31(33(5,6)38)41-21(2)37)42-26-18-25-24-10-9-22-23(34(24,7)13-14-35(25,8)30(20)26)11-12-28(32(22,3)4)43-29-19-36(39)15-16-40-29/h20,22-31,38-39H,9-19H2,1-8H3/t20-,22?,23?,24+,25?,26?,27-,28+,29?,30?,31+,34+,35+/m1/s1. The molecule has 0 spiro atoms. The van der Waals surface area contributed by atoms with Crippen LogP contribution in [0.3, 0.4) is 0 Å². The third-order valence-corrected chi connectivity index (χ3v) is 13.9. The molecule has 6 unspecified atom stereocenters. The molecule has 6 fully saturated rings. The van der Waals surface area contributed by atoms with E-state index in [-0.39, 0.29) is 41.4 Å². The molecule has 0 aromatic rings. The summed E-state index contributed by atoms with van der Waals surface area (Å²) in [6, 6.07) is 0. The molecule has 0 aromatic heterocycles. The van der Waals surface area contributed by atoms with Gasteiger partial charge in [0, 0.05) is 13.5 Å². The molecular weight excluding hydrogens is 546 g/mol. The summed E-state index contributed by atoms with van der Waals surface area (Å²) in [5, 5.41) is 22.3. The summed E-state index contributed by atoms with van der Waals surface area (Å²) < 4.78 is 25.0. The number of hydrogen-bond acceptors (Lipinski definition) is 8. The molecule has 8 nitrogen and oxygen atoms in total. The Bertz CT molecular complexity index is 1040. The first kappa shape index (κ1) is 32.2. The number of carbonyl (C=O) groups is 1. The number of aliphatic hydroxyl groups is 1. The monoisotopic (exact) mass is 605 g/mol. The highest BCUT2D eigenvalue weighted by atomic mass is 16.7. The summed E-state index contributed by atoms with van der Waals surface area (Å²) in [6.45, 7) is 18.7. The maximum Gasteiger partial charge on any atom is 0.303 e. The van der Waals surface area contributed by atoms with E-state index in [1.807, 2.05) is 0 Å². The predicted molar refractivity (Wildman–Crippen MR) is 162 cm³/mol. The Morgan fingerprint density at radius 1 is 0.977 bits per heavy atom. The van der Waals surface area contributed by atoms with Crippen molar-refractivity contribution in [2.75, 3.05) is 19.7 Å². The summed E-state index contributed by atoms with van der Waals surface area (Å²) in [7, 11) is 0. The molecule has 2 saturated heterocycles. The van der Waals surface area contributed by atoms with Gasteiger partial charge in [-0.15, -0.1) is 0 Å². The Balaban J connectivity index is 1.20. The molecule has 0 bridgehead atoms. The predicted octanol–water partition coefficient (Wildman–Crippen LogP) is 5.82. The second-order valence-electron chi connectivity index (χ2n) is 17.1. The van der Waals surface area contributed by atoms with E-state index >= 15 is 0 Å². The molecule has 0 aromatic carbocycles. The summed E-state index contributed by atoms with van der Waals surface area (Å²) in [4.78, 5) is 12.0. The van der Waals surface area contributed by atoms with Crippen molar-refractivity contribution < 1.29 is 34.1 Å². The lowest BCUT2D eigenvalue weighted by atomic mass is 9.40. The molecule has 8 heteroatoms. The molecule has 2 N–H and O–H groups in total. The number of fused-ring (bicyclic) bond motifs is 7. The van der Waals surface area contributed by atoms with Gasteiger partial charge in [-0.05, 0) is 117 Å². The van der Waals surface area contributed by atoms with Crippen molar-refractivity contribution in [2.24, 2.45) is 51.8 Å². The maximum atomic E-state index is 12.0. The summed E-state index contributed by atoms with van der Waals surface area (Å²) in [6.07, 6.45) is 8.13. The van der Waals surface area contributed by atoms with Gasteiger partial charge >= 0.3 is 5.97 Å². The van der Waals surface area contributed by atoms with Crippen molar-refractivity contribution in [1.29, 1.82) is 0 Å². The molecule has 6 rings (SSSR count). The Kier molecular flexibility index (Phi) is 8.37. The quantitative estimate of drug-likeness (QED) is 0.379. The van der Waals surface area contributed by atoms with Crippen LogP contribution in [-0.4, -0.2) is 77.3 Å². The van der Waals surface area contributed by atoms with E-state index < -0.39 is 11.7 Å². The van der Waals surface area contributed by atoms with Crippen LogP contribution in [0.1, 0.15) is 107 Å². The number of morpholine rings is 1. The average Bonchev–Trinajstić information content (AvgIpc) is 3.21. The molecule has 4 saturated carbocycles. The first-order valence-corrected chi connectivity index (χ1v) is 17.3. The van der Waals surface area contributed by atoms with Crippen LogP contribution in [0.15, 0.2) is 0 Å². The zero-order valence-corrected chi connectivity index (χ0v) is 28.0. The molecule has 2 heterocycles. The topological polar surface area (TPSA) is 97.7 Å². The van der Waals surface area contributed by atoms with Crippen molar-refractivity contribution in [3.8, 4) is 0 Å². The van der Waals surface area contributed by atoms with Gasteiger partial charge in [0.15, 0.2) is 12.4 Å². The molecular formula is C35H59NO7. The van der Waals surface area contributed by atoms with Crippen LogP contribution in [0.2, 0.25) is 0 Å². The molecule has 13 atom stereocenters. The summed E-state index contributed by atoms with van der Waals surface area (Å²) in [5.41, 5.74) is -0.550. The number of nitrogens with zero attached hydrogens (tertiary/aromatic N) is 1. The van der Waals surface area contributed by atoms with Gasteiger partial charge in [-0.3, -0.25) is 4.79 Å². The lowest BCUT2D eigenvalue weighted by molar-refractivity contribution is -0.280. The smallest absolute Gasteiger partial charge is 0.303 e. The van der Waals surface area contributed by atoms with Gasteiger partial charge < -0.3 is 29.3 Å². The van der Waals surface area contributed by atoms with E-state index in [1.165, 1.54) is 44.1 Å². The first-order valence-electron chi connectivity index (χ1n) is 17.3. The van der Waals surface area contributed by atoms with Crippen LogP contribution in [0.4, 0.5) is 0 Å². The average molecular weight is 606 g/mol. The first-order chi connectivity index (χ1) is 20.1. The van der Waals surface area contributed by atoms with Gasteiger partial charge in [-0.1, -0.05) is 34.6 Å². The van der Waals surface area contributed by atoms with Crippen LogP contribution in [-0.2, 0) is 23.7 Å². The van der Waals surface area contributed by atoms with Gasteiger partial charge in [0.05, 0.1) is 37.1 Å². The van der Waals surface area contributed by atoms with E-state index in [9.17, 15) is 15.1 Å². The van der Waals surface area contributed by atoms with Gasteiger partial charge in [-0.25, -0.2) is 0 Å². The van der Waals surface area contributed by atoms with Crippen LogP contribution >= 0.6 is 0 Å². The maximum absolute atomic E-state index is 12.0. The van der Waals surface area contributed by atoms with Crippen LogP contribution in [0.5, 0.6) is 0 Å². The fourth-order valence-corrected chi connectivity index (χ4v) is 12.0. The number of esters is 1. The molecule has 43 heavy (non-hydrogen) atoms. The van der Waals surface area contributed by atoms with Crippen LogP contribution in [0.25, 0.3) is 0 Å². The SMILES string of the molecule is CC(=O)O[C@@H]([C@H]1C[C@@H](C)C2C(CC3[C@@H]4CCC5C(CC[C@H](OC6CN(O)CCO6)C5(C)C)[C@]4(C)CC[C@]23C)O1)C(C)(C)O. The Morgan fingerprint density at radius 3 is 2.30 bits per heavy atom. The number of hydroxylamine groups is 2. The highest BCUT2D eigenvalue weighted by Crippen LogP contribution is 2.72. The van der Waals surface area contributed by atoms with E-state index in [1.54, 1.807) is 13.8 Å². The van der Waals surface area contributed by atoms with Crippen LogP contribution < -0.4 is 0 Å². The lowest BCUT2D eigenvalue weighted by Crippen LogP contribution is -2.60. The van der Waals surface area contributed by atoms with E-state index in [2.05, 4.69) is 34.6 Å². The van der Waals surface area contributed by atoms with Gasteiger partial charge in [0.2, 0.25) is 0 Å². The Hall–Kier alpha value is -0.770. The Morgan fingerprint density at radius 2 is 1.63 bits per heavy atom. The second-order valence-corrected chi connectivity index (χ2v) is 17.1. The van der Waals surface area contributed by atoms with Crippen molar-refractivity contribution in [3.05, 3.63) is 0 Å². The summed E-state index contributed by atoms with van der Waals surface area (Å²) in [5.74, 6) is 3.19. The van der Waals surface area contributed by atoms with Crippen molar-refractivity contribution in [2.45, 2.75) is 143 Å². The van der Waals surface area contributed by atoms with Crippen molar-refractivity contribution >= 4 is 5.97 Å². The van der Waals surface area contributed by atoms with Crippen molar-refractivity contribution in [3.63, 3.8) is 0 Å². The molecule has 6 aliphatic rings. The van der Waals surface area contributed by atoms with Gasteiger partial charge in [0.25, 0.3) is 0 Å². The number of hydrogen-bond donors (Lipinski definition) is 2. The third-order valence-electron chi connectivity index (χ3n) is 13.9. The Labute approximate surface area is 259 Å². The van der Waals surface area contributed by atoms with Crippen molar-refractivity contribution in [1.82, 2.24) is 5.06 Å². The minimum atomic E-state index is -1.16. The highest BCUT2D eigenvalue weighted by molar-refractivity contribution is 5.66. The molecule has 4 aliphatic carbocycles. The molecule has 0 amide bonds. The zero-order valence-electron chi connectivity index (χ0n) is 28.0. The fourth-order valence-electron chi connectivity index (χ4n) is 12.0. The number of carbonyl (C=O) groups excluding carboxylic acids is 1. The van der Waals surface area contributed by atoms with E-state index in [4.69, 9.17) is 18.9 Å². The highest BCUT2D eigenvalue weighted by Gasteiger charge is 2.67. The van der Waals surface area contributed by atoms with E-state index in [0.717, 1.165) is 19.3 Å².